The number of allylic oxidation sites excluding steroid dienone is 1. The van der Waals surface area contributed by atoms with Crippen molar-refractivity contribution in [1.82, 2.24) is 0 Å². The van der Waals surface area contributed by atoms with E-state index in [0.717, 1.165) is 23.1 Å². The molecular weight excluding hydrogens is 347 g/mol. The van der Waals surface area contributed by atoms with E-state index in [1.165, 1.54) is 50.5 Å². The van der Waals surface area contributed by atoms with Gasteiger partial charge in [-0.25, -0.2) is 4.39 Å². The molecule has 2 aliphatic carbocycles. The number of rotatable bonds is 5. The van der Waals surface area contributed by atoms with Crippen molar-refractivity contribution in [3.05, 3.63) is 53.9 Å². The second kappa shape index (κ2) is 8.68. The van der Waals surface area contributed by atoms with E-state index in [2.05, 4.69) is 19.1 Å². The van der Waals surface area contributed by atoms with Crippen LogP contribution in [0.3, 0.4) is 0 Å². The van der Waals surface area contributed by atoms with Crippen molar-refractivity contribution in [2.75, 3.05) is 6.61 Å². The second-order valence-electron chi connectivity index (χ2n) is 8.86. The Morgan fingerprint density at radius 3 is 2.68 bits per heavy atom. The van der Waals surface area contributed by atoms with Gasteiger partial charge in [-0.2, -0.15) is 0 Å². The fraction of sp³-hybridized carbons (Fsp3) is 0.538. The molecule has 0 aromatic heterocycles. The Kier molecular flexibility index (Phi) is 6.04. The van der Waals surface area contributed by atoms with E-state index in [0.29, 0.717) is 23.7 Å². The van der Waals surface area contributed by atoms with Crippen LogP contribution in [0.25, 0.3) is 10.8 Å². The van der Waals surface area contributed by atoms with Gasteiger partial charge in [0, 0.05) is 5.39 Å². The summed E-state index contributed by atoms with van der Waals surface area (Å²) in [6.07, 6.45) is 13.4. The first-order valence-corrected chi connectivity index (χ1v) is 11.2. The van der Waals surface area contributed by atoms with E-state index in [-0.39, 0.29) is 5.82 Å². The van der Waals surface area contributed by atoms with E-state index < -0.39 is 0 Å². The molecule has 2 saturated carbocycles. The fourth-order valence-corrected chi connectivity index (χ4v) is 5.55. The first-order chi connectivity index (χ1) is 13.7. The standard InChI is InChI=1S/C26H33FO/c1-3-5-14-28-25-13-11-23-17-22(10-12-24(23)26(25)27)21-9-8-19-15-18(4-2)6-7-20(19)16-21/h3,5,10-13,17-21H,4,6-9,14-16H2,1-2H3/b5-3+. The highest BCUT2D eigenvalue weighted by molar-refractivity contribution is 5.85. The summed E-state index contributed by atoms with van der Waals surface area (Å²) in [6, 6.07) is 10.1. The highest BCUT2D eigenvalue weighted by atomic mass is 19.1. The smallest absolute Gasteiger partial charge is 0.172 e. The average Bonchev–Trinajstić information content (AvgIpc) is 2.74. The molecule has 2 aliphatic rings. The van der Waals surface area contributed by atoms with Crippen LogP contribution in [0.2, 0.25) is 0 Å². The highest BCUT2D eigenvalue weighted by Gasteiger charge is 2.35. The number of fused-ring (bicyclic) bond motifs is 2. The lowest BCUT2D eigenvalue weighted by Gasteiger charge is -2.42. The summed E-state index contributed by atoms with van der Waals surface area (Å²) in [5.74, 6) is 3.55. The van der Waals surface area contributed by atoms with Crippen molar-refractivity contribution in [3.8, 4) is 5.75 Å². The maximum absolute atomic E-state index is 14.8. The molecule has 1 nitrogen and oxygen atoms in total. The van der Waals surface area contributed by atoms with E-state index in [1.54, 1.807) is 6.07 Å². The van der Waals surface area contributed by atoms with Gasteiger partial charge in [-0.1, -0.05) is 56.2 Å². The third-order valence-electron chi connectivity index (χ3n) is 7.28. The molecule has 4 atom stereocenters. The zero-order chi connectivity index (χ0) is 19.5. The molecule has 0 spiro atoms. The van der Waals surface area contributed by atoms with Crippen LogP contribution in [0.15, 0.2) is 42.5 Å². The molecule has 0 aliphatic heterocycles. The minimum absolute atomic E-state index is 0.241. The van der Waals surface area contributed by atoms with E-state index >= 15 is 0 Å². The molecule has 2 heteroatoms. The summed E-state index contributed by atoms with van der Waals surface area (Å²) in [7, 11) is 0. The molecule has 2 fully saturated rings. The topological polar surface area (TPSA) is 9.23 Å². The van der Waals surface area contributed by atoms with Gasteiger partial charge in [0.05, 0.1) is 0 Å². The monoisotopic (exact) mass is 380 g/mol. The van der Waals surface area contributed by atoms with Gasteiger partial charge in [-0.15, -0.1) is 0 Å². The normalized spacial score (nSPS) is 27.8. The Morgan fingerprint density at radius 1 is 1.04 bits per heavy atom. The lowest BCUT2D eigenvalue weighted by molar-refractivity contribution is 0.116. The van der Waals surface area contributed by atoms with Crippen LogP contribution < -0.4 is 4.74 Å². The summed E-state index contributed by atoms with van der Waals surface area (Å²) in [5.41, 5.74) is 1.39. The van der Waals surface area contributed by atoms with Crippen LogP contribution in [0.1, 0.15) is 70.3 Å². The number of ether oxygens (including phenoxy) is 1. The predicted octanol–water partition coefficient (Wildman–Crippen LogP) is 7.64. The van der Waals surface area contributed by atoms with Gasteiger partial charge in [0.2, 0.25) is 0 Å². The van der Waals surface area contributed by atoms with Gasteiger partial charge in [0.25, 0.3) is 0 Å². The maximum Gasteiger partial charge on any atom is 0.172 e. The molecule has 2 aromatic carbocycles. The Hall–Kier alpha value is -1.83. The Morgan fingerprint density at radius 2 is 1.86 bits per heavy atom. The lowest BCUT2D eigenvalue weighted by Crippen LogP contribution is -2.30. The van der Waals surface area contributed by atoms with Crippen molar-refractivity contribution < 1.29 is 9.13 Å². The third kappa shape index (κ3) is 3.97. The Bertz CT molecular complexity index is 840. The summed E-state index contributed by atoms with van der Waals surface area (Å²) in [5, 5.41) is 1.66. The molecule has 150 valence electrons. The first kappa shape index (κ1) is 19.5. The van der Waals surface area contributed by atoms with E-state index in [1.807, 2.05) is 31.2 Å². The van der Waals surface area contributed by atoms with Gasteiger partial charge in [0.1, 0.15) is 6.61 Å². The molecular formula is C26H33FO. The van der Waals surface area contributed by atoms with Crippen LogP contribution in [0, 0.1) is 23.6 Å². The zero-order valence-corrected chi connectivity index (χ0v) is 17.3. The second-order valence-corrected chi connectivity index (χ2v) is 8.86. The van der Waals surface area contributed by atoms with Crippen molar-refractivity contribution >= 4 is 10.8 Å². The molecule has 0 radical (unpaired) electrons. The third-order valence-corrected chi connectivity index (χ3v) is 7.28. The molecule has 0 amide bonds. The summed E-state index contributed by atoms with van der Waals surface area (Å²) < 4.78 is 20.4. The number of halogens is 1. The maximum atomic E-state index is 14.8. The lowest BCUT2D eigenvalue weighted by atomic mass is 9.63. The molecule has 0 heterocycles. The van der Waals surface area contributed by atoms with Crippen molar-refractivity contribution in [3.63, 3.8) is 0 Å². The van der Waals surface area contributed by atoms with Gasteiger partial charge in [0.15, 0.2) is 11.6 Å². The SMILES string of the molecule is C/C=C/COc1ccc2cc(C3CCC4CC(CC)CCC4C3)ccc2c1F. The minimum atomic E-state index is -0.241. The number of benzene rings is 2. The van der Waals surface area contributed by atoms with Crippen molar-refractivity contribution in [2.24, 2.45) is 17.8 Å². The predicted molar refractivity (Wildman–Crippen MR) is 115 cm³/mol. The first-order valence-electron chi connectivity index (χ1n) is 11.2. The van der Waals surface area contributed by atoms with Crippen LogP contribution in [-0.2, 0) is 0 Å². The molecule has 28 heavy (non-hydrogen) atoms. The van der Waals surface area contributed by atoms with Crippen LogP contribution in [0.4, 0.5) is 4.39 Å². The number of hydrogen-bond acceptors (Lipinski definition) is 1. The molecule has 0 saturated heterocycles. The molecule has 0 N–H and O–H groups in total. The largest absolute Gasteiger partial charge is 0.486 e. The quantitative estimate of drug-likeness (QED) is 0.484. The van der Waals surface area contributed by atoms with Gasteiger partial charge >= 0.3 is 0 Å². The Labute approximate surface area is 169 Å². The van der Waals surface area contributed by atoms with Crippen LogP contribution >= 0.6 is 0 Å². The Balaban J connectivity index is 1.50. The minimum Gasteiger partial charge on any atom is -0.486 e. The number of hydrogen-bond donors (Lipinski definition) is 0. The molecule has 4 unspecified atom stereocenters. The fourth-order valence-electron chi connectivity index (χ4n) is 5.55. The molecule has 2 aromatic rings. The van der Waals surface area contributed by atoms with Crippen LogP contribution in [0.5, 0.6) is 5.75 Å². The zero-order valence-electron chi connectivity index (χ0n) is 17.3. The molecule has 4 rings (SSSR count). The summed E-state index contributed by atoms with van der Waals surface area (Å²) in [6.45, 7) is 4.69. The van der Waals surface area contributed by atoms with E-state index in [9.17, 15) is 4.39 Å². The molecule has 0 bridgehead atoms. The summed E-state index contributed by atoms with van der Waals surface area (Å²) in [4.78, 5) is 0. The van der Waals surface area contributed by atoms with Gasteiger partial charge in [-0.3, -0.25) is 0 Å². The van der Waals surface area contributed by atoms with Gasteiger partial charge < -0.3 is 4.74 Å². The van der Waals surface area contributed by atoms with Crippen molar-refractivity contribution in [1.29, 1.82) is 0 Å². The average molecular weight is 381 g/mol. The highest BCUT2D eigenvalue weighted by Crippen LogP contribution is 2.48. The van der Waals surface area contributed by atoms with Crippen LogP contribution in [-0.4, -0.2) is 6.61 Å². The summed E-state index contributed by atoms with van der Waals surface area (Å²) >= 11 is 0. The van der Waals surface area contributed by atoms with Gasteiger partial charge in [-0.05, 0) is 79.7 Å². The van der Waals surface area contributed by atoms with Crippen molar-refractivity contribution in [2.45, 2.75) is 64.7 Å². The van der Waals surface area contributed by atoms with E-state index in [4.69, 9.17) is 4.74 Å².